The molecule has 1 atom stereocenters. The topological polar surface area (TPSA) is 48.5 Å². The minimum Gasteiger partial charge on any atom is -0.368 e. The molecule has 29 heavy (non-hydrogen) atoms. The lowest BCUT2D eigenvalue weighted by molar-refractivity contribution is -0.120. The van der Waals surface area contributed by atoms with Crippen molar-refractivity contribution < 1.29 is 9.18 Å². The molecule has 0 spiro atoms. The number of nitrogens with zero attached hydrogens (tertiary/aromatic N) is 3. The molecule has 7 heteroatoms. The van der Waals surface area contributed by atoms with Crippen LogP contribution in [0.4, 0.5) is 15.8 Å². The fraction of sp³-hybridized carbons (Fsp3) is 0.273. The molecular formula is C22H23FN4OS. The van der Waals surface area contributed by atoms with Crippen LogP contribution in [0.3, 0.4) is 0 Å². The Labute approximate surface area is 174 Å². The molecule has 1 saturated heterocycles. The molecule has 1 aromatic heterocycles. The van der Waals surface area contributed by atoms with E-state index in [9.17, 15) is 9.18 Å². The summed E-state index contributed by atoms with van der Waals surface area (Å²) in [6, 6.07) is 13.8. The maximum atomic E-state index is 13.7. The van der Waals surface area contributed by atoms with E-state index in [0.717, 1.165) is 53.4 Å². The Balaban J connectivity index is 1.41. The van der Waals surface area contributed by atoms with Gasteiger partial charge in [-0.15, -0.1) is 12.6 Å². The molecule has 0 aliphatic carbocycles. The molecule has 5 nitrogen and oxygen atoms in total. The van der Waals surface area contributed by atoms with Crippen molar-refractivity contribution in [2.24, 2.45) is 0 Å². The second kappa shape index (κ2) is 8.39. The number of aromatic nitrogens is 1. The number of fused-ring (bicyclic) bond motifs is 1. The number of carbonyl (C=O) groups excluding carboxylic acids is 1. The van der Waals surface area contributed by atoms with Gasteiger partial charge in [0.1, 0.15) is 5.82 Å². The summed E-state index contributed by atoms with van der Waals surface area (Å²) in [5.41, 5.74) is 2.54. The molecule has 1 aliphatic heterocycles. The smallest absolute Gasteiger partial charge is 0.241 e. The van der Waals surface area contributed by atoms with Crippen LogP contribution in [0.5, 0.6) is 0 Å². The van der Waals surface area contributed by atoms with Crippen LogP contribution in [0.1, 0.15) is 6.92 Å². The van der Waals surface area contributed by atoms with E-state index < -0.39 is 0 Å². The van der Waals surface area contributed by atoms with Crippen LogP contribution in [0.25, 0.3) is 10.9 Å². The van der Waals surface area contributed by atoms with Crippen LogP contribution >= 0.6 is 12.6 Å². The second-order valence-corrected chi connectivity index (χ2v) is 7.74. The Bertz CT molecular complexity index is 1020. The molecule has 150 valence electrons. The summed E-state index contributed by atoms with van der Waals surface area (Å²) in [6.45, 7) is 4.96. The van der Waals surface area contributed by atoms with Gasteiger partial charge in [-0.3, -0.25) is 14.7 Å². The van der Waals surface area contributed by atoms with E-state index >= 15 is 0 Å². The Morgan fingerprint density at radius 1 is 1.10 bits per heavy atom. The predicted octanol–water partition coefficient (Wildman–Crippen LogP) is 3.81. The van der Waals surface area contributed by atoms with Crippen molar-refractivity contribution in [1.29, 1.82) is 0 Å². The summed E-state index contributed by atoms with van der Waals surface area (Å²) < 4.78 is 13.7. The normalized spacial score (nSPS) is 16.0. The highest BCUT2D eigenvalue weighted by Gasteiger charge is 2.26. The van der Waals surface area contributed by atoms with Gasteiger partial charge in [0, 0.05) is 54.0 Å². The van der Waals surface area contributed by atoms with E-state index in [0.29, 0.717) is 0 Å². The van der Waals surface area contributed by atoms with Crippen LogP contribution in [-0.4, -0.2) is 48.0 Å². The standard InChI is InChI=1S/C22H23FN4OS/c1-15(22(28)25-17-3-5-18(29)6-4-17)26-10-12-27(13-11-26)21-8-9-24-20-7-2-16(23)14-19(20)21/h2-9,14-15,29H,10-13H2,1H3,(H,25,28). The van der Waals surface area contributed by atoms with Gasteiger partial charge >= 0.3 is 0 Å². The number of nitrogens with one attached hydrogen (secondary N) is 1. The number of anilines is 2. The molecule has 2 aromatic carbocycles. The number of hydrogen-bond donors (Lipinski definition) is 2. The summed E-state index contributed by atoms with van der Waals surface area (Å²) >= 11 is 4.26. The number of benzene rings is 2. The SMILES string of the molecule is CC(C(=O)Nc1ccc(S)cc1)N1CCN(c2ccnc3ccc(F)cc23)CC1. The first-order chi connectivity index (χ1) is 14.0. The number of rotatable bonds is 4. The minimum absolute atomic E-state index is 0.0261. The summed E-state index contributed by atoms with van der Waals surface area (Å²) in [5.74, 6) is -0.288. The largest absolute Gasteiger partial charge is 0.368 e. The number of pyridine rings is 1. The Morgan fingerprint density at radius 3 is 2.55 bits per heavy atom. The van der Waals surface area contributed by atoms with Crippen LogP contribution < -0.4 is 10.2 Å². The maximum absolute atomic E-state index is 13.7. The van der Waals surface area contributed by atoms with Gasteiger partial charge in [0.25, 0.3) is 0 Å². The van der Waals surface area contributed by atoms with E-state index in [4.69, 9.17) is 0 Å². The van der Waals surface area contributed by atoms with E-state index in [2.05, 4.69) is 32.7 Å². The van der Waals surface area contributed by atoms with Gasteiger partial charge in [0.05, 0.1) is 11.6 Å². The maximum Gasteiger partial charge on any atom is 0.241 e. The third kappa shape index (κ3) is 4.36. The van der Waals surface area contributed by atoms with E-state index in [1.807, 2.05) is 37.3 Å². The third-order valence-corrected chi connectivity index (χ3v) is 5.70. The van der Waals surface area contributed by atoms with Crippen molar-refractivity contribution in [3.63, 3.8) is 0 Å². The molecular weight excluding hydrogens is 387 g/mol. The van der Waals surface area contributed by atoms with E-state index in [1.54, 1.807) is 12.3 Å². The Morgan fingerprint density at radius 2 is 1.83 bits per heavy atom. The van der Waals surface area contributed by atoms with E-state index in [1.165, 1.54) is 12.1 Å². The molecule has 0 saturated carbocycles. The zero-order valence-electron chi connectivity index (χ0n) is 16.2. The van der Waals surface area contributed by atoms with Crippen LogP contribution in [0.2, 0.25) is 0 Å². The zero-order chi connectivity index (χ0) is 20.4. The lowest BCUT2D eigenvalue weighted by Crippen LogP contribution is -2.52. The van der Waals surface area contributed by atoms with Crippen molar-refractivity contribution in [3.05, 3.63) is 60.5 Å². The number of halogens is 1. The average Bonchev–Trinajstić information content (AvgIpc) is 2.74. The van der Waals surface area contributed by atoms with E-state index in [-0.39, 0.29) is 17.8 Å². The molecule has 4 rings (SSSR count). The molecule has 0 radical (unpaired) electrons. The molecule has 3 aromatic rings. The Kier molecular flexibility index (Phi) is 5.69. The average molecular weight is 411 g/mol. The summed E-state index contributed by atoms with van der Waals surface area (Å²) in [5, 5.41) is 3.78. The quantitative estimate of drug-likeness (QED) is 0.642. The van der Waals surface area contributed by atoms with Crippen LogP contribution in [0, 0.1) is 5.82 Å². The van der Waals surface area contributed by atoms with Gasteiger partial charge in [-0.05, 0) is 55.5 Å². The van der Waals surface area contributed by atoms with Crippen molar-refractivity contribution >= 4 is 40.8 Å². The predicted molar refractivity (Wildman–Crippen MR) is 117 cm³/mol. The molecule has 1 unspecified atom stereocenters. The highest BCUT2D eigenvalue weighted by molar-refractivity contribution is 7.80. The highest BCUT2D eigenvalue weighted by atomic mass is 32.1. The highest BCUT2D eigenvalue weighted by Crippen LogP contribution is 2.27. The lowest BCUT2D eigenvalue weighted by Gasteiger charge is -2.38. The molecule has 0 bridgehead atoms. The van der Waals surface area contributed by atoms with Gasteiger partial charge in [0.15, 0.2) is 0 Å². The fourth-order valence-electron chi connectivity index (χ4n) is 3.69. The monoisotopic (exact) mass is 410 g/mol. The number of thiol groups is 1. The van der Waals surface area contributed by atoms with Gasteiger partial charge < -0.3 is 10.2 Å². The molecule has 1 fully saturated rings. The number of carbonyl (C=O) groups is 1. The first kappa shape index (κ1) is 19.7. The molecule has 1 aliphatic rings. The molecule has 1 amide bonds. The van der Waals surface area contributed by atoms with Crippen molar-refractivity contribution in [2.75, 3.05) is 36.4 Å². The minimum atomic E-state index is -0.262. The Hall–Kier alpha value is -2.64. The first-order valence-electron chi connectivity index (χ1n) is 9.64. The summed E-state index contributed by atoms with van der Waals surface area (Å²) in [7, 11) is 0. The third-order valence-electron chi connectivity index (χ3n) is 5.40. The number of piperazine rings is 1. The number of amides is 1. The summed E-state index contributed by atoms with van der Waals surface area (Å²) in [6.07, 6.45) is 1.76. The van der Waals surface area contributed by atoms with Gasteiger partial charge in [0.2, 0.25) is 5.91 Å². The van der Waals surface area contributed by atoms with Gasteiger partial charge in [-0.1, -0.05) is 0 Å². The fourth-order valence-corrected chi connectivity index (χ4v) is 3.84. The zero-order valence-corrected chi connectivity index (χ0v) is 17.1. The number of hydrogen-bond acceptors (Lipinski definition) is 5. The lowest BCUT2D eigenvalue weighted by atomic mass is 10.1. The molecule has 2 heterocycles. The van der Waals surface area contributed by atoms with Crippen molar-refractivity contribution in [1.82, 2.24) is 9.88 Å². The molecule has 1 N–H and O–H groups in total. The van der Waals surface area contributed by atoms with Crippen LogP contribution in [0.15, 0.2) is 59.6 Å². The van der Waals surface area contributed by atoms with Crippen molar-refractivity contribution in [2.45, 2.75) is 17.9 Å². The van der Waals surface area contributed by atoms with Crippen LogP contribution in [-0.2, 0) is 4.79 Å². The van der Waals surface area contributed by atoms with Gasteiger partial charge in [-0.2, -0.15) is 0 Å². The first-order valence-corrected chi connectivity index (χ1v) is 10.1. The second-order valence-electron chi connectivity index (χ2n) is 7.23. The van der Waals surface area contributed by atoms with Crippen molar-refractivity contribution in [3.8, 4) is 0 Å². The summed E-state index contributed by atoms with van der Waals surface area (Å²) in [4.78, 5) is 22.2. The van der Waals surface area contributed by atoms with Gasteiger partial charge in [-0.25, -0.2) is 4.39 Å².